The van der Waals surface area contributed by atoms with E-state index in [0.717, 1.165) is 24.1 Å². The van der Waals surface area contributed by atoms with Crippen molar-refractivity contribution in [3.05, 3.63) is 46.1 Å². The van der Waals surface area contributed by atoms with Crippen LogP contribution in [0.25, 0.3) is 0 Å². The number of anilines is 2. The fourth-order valence-electron chi connectivity index (χ4n) is 2.23. The van der Waals surface area contributed by atoms with Crippen LogP contribution in [0.4, 0.5) is 11.8 Å². The summed E-state index contributed by atoms with van der Waals surface area (Å²) in [5, 5.41) is 0. The Labute approximate surface area is 114 Å². The third-order valence-electron chi connectivity index (χ3n) is 3.12. The number of hydrogen-bond donors (Lipinski definition) is 1. The number of benzene rings is 1. The SMILES string of the molecule is Nc1cc(Br)nc(N2CCc3ccccc3C2)n1. The van der Waals surface area contributed by atoms with E-state index in [2.05, 4.69) is 55.1 Å². The van der Waals surface area contributed by atoms with Crippen molar-refractivity contribution in [2.45, 2.75) is 13.0 Å². The molecule has 0 spiro atoms. The molecular weight excluding hydrogens is 292 g/mol. The van der Waals surface area contributed by atoms with Gasteiger partial charge in [-0.2, -0.15) is 4.98 Å². The zero-order valence-corrected chi connectivity index (χ0v) is 11.4. The zero-order valence-electron chi connectivity index (χ0n) is 9.81. The van der Waals surface area contributed by atoms with Gasteiger partial charge in [-0.1, -0.05) is 24.3 Å². The molecular formula is C13H13BrN4. The van der Waals surface area contributed by atoms with Gasteiger partial charge in [-0.3, -0.25) is 0 Å². The fourth-order valence-corrected chi connectivity index (χ4v) is 2.62. The Balaban J connectivity index is 1.91. The maximum Gasteiger partial charge on any atom is 0.228 e. The first kappa shape index (κ1) is 11.5. The second-order valence-corrected chi connectivity index (χ2v) is 5.17. The third-order valence-corrected chi connectivity index (χ3v) is 3.52. The van der Waals surface area contributed by atoms with E-state index in [0.29, 0.717) is 11.8 Å². The smallest absolute Gasteiger partial charge is 0.228 e. The van der Waals surface area contributed by atoms with E-state index < -0.39 is 0 Å². The van der Waals surface area contributed by atoms with Crippen molar-refractivity contribution in [3.63, 3.8) is 0 Å². The van der Waals surface area contributed by atoms with Crippen molar-refractivity contribution >= 4 is 27.7 Å². The van der Waals surface area contributed by atoms with E-state index in [-0.39, 0.29) is 0 Å². The van der Waals surface area contributed by atoms with Crippen LogP contribution in [-0.4, -0.2) is 16.5 Å². The molecule has 1 aliphatic rings. The highest BCUT2D eigenvalue weighted by Gasteiger charge is 2.18. The molecule has 0 saturated heterocycles. The number of hydrogen-bond acceptors (Lipinski definition) is 4. The van der Waals surface area contributed by atoms with Gasteiger partial charge >= 0.3 is 0 Å². The lowest BCUT2D eigenvalue weighted by Gasteiger charge is -2.28. The molecule has 2 heterocycles. The molecule has 0 radical (unpaired) electrons. The van der Waals surface area contributed by atoms with Crippen molar-refractivity contribution in [1.82, 2.24) is 9.97 Å². The lowest BCUT2D eigenvalue weighted by atomic mass is 10.0. The molecule has 3 rings (SSSR count). The Morgan fingerprint density at radius 2 is 1.94 bits per heavy atom. The van der Waals surface area contributed by atoms with Gasteiger partial charge in [0.1, 0.15) is 10.4 Å². The van der Waals surface area contributed by atoms with Crippen LogP contribution in [0.3, 0.4) is 0 Å². The quantitative estimate of drug-likeness (QED) is 0.822. The zero-order chi connectivity index (χ0) is 12.5. The van der Waals surface area contributed by atoms with E-state index in [4.69, 9.17) is 5.73 Å². The molecule has 1 aliphatic heterocycles. The second kappa shape index (κ2) is 4.57. The first-order chi connectivity index (χ1) is 8.72. The molecule has 0 aliphatic carbocycles. The topological polar surface area (TPSA) is 55.0 Å². The first-order valence-corrected chi connectivity index (χ1v) is 6.63. The van der Waals surface area contributed by atoms with Gasteiger partial charge in [-0.15, -0.1) is 0 Å². The molecule has 0 amide bonds. The maximum atomic E-state index is 5.75. The Morgan fingerprint density at radius 3 is 2.72 bits per heavy atom. The van der Waals surface area contributed by atoms with Gasteiger partial charge < -0.3 is 10.6 Å². The highest BCUT2D eigenvalue weighted by atomic mass is 79.9. The molecule has 1 aromatic carbocycles. The van der Waals surface area contributed by atoms with Gasteiger partial charge in [0.15, 0.2) is 0 Å². The molecule has 2 N–H and O–H groups in total. The van der Waals surface area contributed by atoms with Gasteiger partial charge in [0.2, 0.25) is 5.95 Å². The number of nitrogen functional groups attached to an aromatic ring is 1. The predicted molar refractivity (Wildman–Crippen MR) is 75.3 cm³/mol. The normalized spacial score (nSPS) is 14.4. The molecule has 5 heteroatoms. The summed E-state index contributed by atoms with van der Waals surface area (Å²) in [7, 11) is 0. The summed E-state index contributed by atoms with van der Waals surface area (Å²) < 4.78 is 0.726. The highest BCUT2D eigenvalue weighted by Crippen LogP contribution is 2.23. The van der Waals surface area contributed by atoms with E-state index in [1.54, 1.807) is 6.07 Å². The molecule has 18 heavy (non-hydrogen) atoms. The summed E-state index contributed by atoms with van der Waals surface area (Å²) >= 11 is 3.35. The summed E-state index contributed by atoms with van der Waals surface area (Å²) in [6.07, 6.45) is 1.02. The first-order valence-electron chi connectivity index (χ1n) is 5.84. The molecule has 0 saturated carbocycles. The summed E-state index contributed by atoms with van der Waals surface area (Å²) in [4.78, 5) is 10.8. The van der Waals surface area contributed by atoms with Gasteiger partial charge in [-0.25, -0.2) is 4.98 Å². The Hall–Kier alpha value is -1.62. The van der Waals surface area contributed by atoms with Crippen LogP contribution >= 0.6 is 15.9 Å². The Bertz CT molecular complexity index is 565. The maximum absolute atomic E-state index is 5.75. The van der Waals surface area contributed by atoms with Crippen molar-refractivity contribution in [1.29, 1.82) is 0 Å². The number of rotatable bonds is 1. The lowest BCUT2D eigenvalue weighted by Crippen LogP contribution is -2.31. The molecule has 92 valence electrons. The largest absolute Gasteiger partial charge is 0.383 e. The Kier molecular flexibility index (Phi) is 2.91. The molecule has 0 bridgehead atoms. The summed E-state index contributed by atoms with van der Waals surface area (Å²) in [6.45, 7) is 1.76. The van der Waals surface area contributed by atoms with E-state index >= 15 is 0 Å². The minimum absolute atomic E-state index is 0.491. The van der Waals surface area contributed by atoms with Crippen molar-refractivity contribution < 1.29 is 0 Å². The molecule has 1 aromatic heterocycles. The van der Waals surface area contributed by atoms with Gasteiger partial charge in [0.25, 0.3) is 0 Å². The average Bonchev–Trinajstić information content (AvgIpc) is 2.37. The van der Waals surface area contributed by atoms with Crippen LogP contribution < -0.4 is 10.6 Å². The molecule has 4 nitrogen and oxygen atoms in total. The molecule has 0 fully saturated rings. The van der Waals surface area contributed by atoms with Crippen LogP contribution in [0.1, 0.15) is 11.1 Å². The standard InChI is InChI=1S/C13H13BrN4/c14-11-7-12(15)17-13(16-11)18-6-5-9-3-1-2-4-10(9)8-18/h1-4,7H,5-6,8H2,(H2,15,16,17). The van der Waals surface area contributed by atoms with E-state index in [9.17, 15) is 0 Å². The number of nitrogens with zero attached hydrogens (tertiary/aromatic N) is 3. The van der Waals surface area contributed by atoms with Crippen LogP contribution in [0, 0.1) is 0 Å². The minimum Gasteiger partial charge on any atom is -0.383 e. The monoisotopic (exact) mass is 304 g/mol. The third kappa shape index (κ3) is 2.18. The van der Waals surface area contributed by atoms with Crippen molar-refractivity contribution in [3.8, 4) is 0 Å². The van der Waals surface area contributed by atoms with Crippen LogP contribution in [0.15, 0.2) is 34.9 Å². The molecule has 0 atom stereocenters. The number of aromatic nitrogens is 2. The summed E-state index contributed by atoms with van der Waals surface area (Å²) in [6, 6.07) is 10.2. The van der Waals surface area contributed by atoms with E-state index in [1.807, 2.05) is 0 Å². The van der Waals surface area contributed by atoms with Crippen molar-refractivity contribution in [2.24, 2.45) is 0 Å². The minimum atomic E-state index is 0.491. The van der Waals surface area contributed by atoms with Crippen molar-refractivity contribution in [2.75, 3.05) is 17.2 Å². The number of fused-ring (bicyclic) bond motifs is 1. The summed E-state index contributed by atoms with van der Waals surface area (Å²) in [5.74, 6) is 1.18. The van der Waals surface area contributed by atoms with Crippen LogP contribution in [0.2, 0.25) is 0 Å². The second-order valence-electron chi connectivity index (χ2n) is 4.36. The fraction of sp³-hybridized carbons (Fsp3) is 0.231. The predicted octanol–water partition coefficient (Wildman–Crippen LogP) is 2.38. The van der Waals surface area contributed by atoms with E-state index in [1.165, 1.54) is 11.1 Å². The number of nitrogens with two attached hydrogens (primary N) is 1. The molecule has 0 unspecified atom stereocenters. The van der Waals surface area contributed by atoms with Gasteiger partial charge in [0.05, 0.1) is 0 Å². The summed E-state index contributed by atoms with van der Waals surface area (Å²) in [5.41, 5.74) is 8.51. The molecule has 2 aromatic rings. The lowest BCUT2D eigenvalue weighted by molar-refractivity contribution is 0.707. The van der Waals surface area contributed by atoms with Crippen LogP contribution in [0.5, 0.6) is 0 Å². The number of halogens is 1. The average molecular weight is 305 g/mol. The highest BCUT2D eigenvalue weighted by molar-refractivity contribution is 9.10. The van der Waals surface area contributed by atoms with Crippen LogP contribution in [-0.2, 0) is 13.0 Å². The van der Waals surface area contributed by atoms with Gasteiger partial charge in [0, 0.05) is 19.2 Å². The van der Waals surface area contributed by atoms with Gasteiger partial charge in [-0.05, 0) is 33.5 Å². The Morgan fingerprint density at radius 1 is 1.17 bits per heavy atom.